The monoisotopic (exact) mass is 224 g/mol. The van der Waals surface area contributed by atoms with Crippen LogP contribution in [0.4, 0.5) is 5.69 Å². The zero-order valence-corrected chi connectivity index (χ0v) is 9.65. The number of ether oxygens (including phenoxy) is 1. The van der Waals surface area contributed by atoms with Crippen molar-refractivity contribution in [3.8, 4) is 0 Å². The van der Waals surface area contributed by atoms with Gasteiger partial charge in [0.25, 0.3) is 0 Å². The van der Waals surface area contributed by atoms with E-state index < -0.39 is 5.97 Å². The van der Waals surface area contributed by atoms with Crippen molar-refractivity contribution in [3.05, 3.63) is 24.0 Å². The van der Waals surface area contributed by atoms with Crippen LogP contribution in [0.3, 0.4) is 0 Å². The number of carboxylic acid groups (broad SMARTS) is 1. The predicted molar refractivity (Wildman–Crippen MR) is 60.8 cm³/mol. The zero-order chi connectivity index (χ0) is 12.2. The van der Waals surface area contributed by atoms with Gasteiger partial charge in [0.15, 0.2) is 0 Å². The maximum absolute atomic E-state index is 11.0. The smallest absolute Gasteiger partial charge is 0.339 e. The molecule has 0 fully saturated rings. The van der Waals surface area contributed by atoms with E-state index in [9.17, 15) is 4.79 Å². The molecule has 1 rings (SSSR count). The molecule has 0 bridgehead atoms. The van der Waals surface area contributed by atoms with Crippen LogP contribution in [0, 0.1) is 0 Å². The van der Waals surface area contributed by atoms with E-state index in [4.69, 9.17) is 9.84 Å². The lowest BCUT2D eigenvalue weighted by Gasteiger charge is -2.27. The van der Waals surface area contributed by atoms with Gasteiger partial charge in [0, 0.05) is 19.5 Å². The standard InChI is InChI=1S/C11H16N2O3/c1-11(2,7-16-3)13-9-4-5-12-6-8(9)10(14)15/h4-6H,7H2,1-3H3,(H,12,13)(H,14,15). The summed E-state index contributed by atoms with van der Waals surface area (Å²) in [6, 6.07) is 1.64. The second-order valence-corrected chi connectivity index (χ2v) is 4.17. The number of rotatable bonds is 5. The molecule has 0 spiro atoms. The Kier molecular flexibility index (Phi) is 3.84. The first kappa shape index (κ1) is 12.4. The van der Waals surface area contributed by atoms with Gasteiger partial charge in [0.05, 0.1) is 17.8 Å². The number of nitrogens with one attached hydrogen (secondary N) is 1. The van der Waals surface area contributed by atoms with E-state index in [0.717, 1.165) is 0 Å². The number of aromatic carboxylic acids is 1. The number of pyridine rings is 1. The molecule has 0 saturated carbocycles. The van der Waals surface area contributed by atoms with Gasteiger partial charge in [-0.2, -0.15) is 0 Å². The molecule has 0 aliphatic carbocycles. The van der Waals surface area contributed by atoms with Crippen LogP contribution in [0.15, 0.2) is 18.5 Å². The molecule has 0 aliphatic heterocycles. The molecule has 0 aromatic carbocycles. The molecule has 1 aromatic heterocycles. The van der Waals surface area contributed by atoms with Crippen LogP contribution >= 0.6 is 0 Å². The molecular weight excluding hydrogens is 208 g/mol. The van der Waals surface area contributed by atoms with E-state index in [1.807, 2.05) is 13.8 Å². The molecule has 88 valence electrons. The van der Waals surface area contributed by atoms with Crippen LogP contribution in [0.25, 0.3) is 0 Å². The van der Waals surface area contributed by atoms with Crippen LogP contribution in [0.5, 0.6) is 0 Å². The Morgan fingerprint density at radius 2 is 2.31 bits per heavy atom. The Hall–Kier alpha value is -1.62. The summed E-state index contributed by atoms with van der Waals surface area (Å²) in [5, 5.41) is 12.1. The van der Waals surface area contributed by atoms with E-state index in [0.29, 0.717) is 12.3 Å². The number of carbonyl (C=O) groups is 1. The van der Waals surface area contributed by atoms with Crippen LogP contribution in [-0.4, -0.2) is 35.3 Å². The summed E-state index contributed by atoms with van der Waals surface area (Å²) in [6.07, 6.45) is 2.88. The molecule has 2 N–H and O–H groups in total. The molecule has 0 unspecified atom stereocenters. The molecule has 5 nitrogen and oxygen atoms in total. The normalized spacial score (nSPS) is 11.2. The molecular formula is C11H16N2O3. The Bertz CT molecular complexity index is 377. The molecule has 0 atom stereocenters. The van der Waals surface area contributed by atoms with Crippen molar-refractivity contribution in [1.29, 1.82) is 0 Å². The number of anilines is 1. The number of aromatic nitrogens is 1. The summed E-state index contributed by atoms with van der Waals surface area (Å²) in [5.41, 5.74) is 0.372. The first-order valence-corrected chi connectivity index (χ1v) is 4.91. The van der Waals surface area contributed by atoms with Gasteiger partial charge in [-0.25, -0.2) is 4.79 Å². The van der Waals surface area contributed by atoms with E-state index >= 15 is 0 Å². The van der Waals surface area contributed by atoms with E-state index in [1.165, 1.54) is 6.20 Å². The summed E-state index contributed by atoms with van der Waals surface area (Å²) in [7, 11) is 1.61. The highest BCUT2D eigenvalue weighted by Crippen LogP contribution is 2.19. The topological polar surface area (TPSA) is 71.5 Å². The number of carboxylic acids is 1. The van der Waals surface area contributed by atoms with Gasteiger partial charge in [-0.3, -0.25) is 4.98 Å². The highest BCUT2D eigenvalue weighted by atomic mass is 16.5. The van der Waals surface area contributed by atoms with Gasteiger partial charge < -0.3 is 15.2 Å². The molecule has 1 aromatic rings. The van der Waals surface area contributed by atoms with Crippen molar-refractivity contribution in [2.75, 3.05) is 19.0 Å². The van der Waals surface area contributed by atoms with Gasteiger partial charge in [-0.1, -0.05) is 0 Å². The first-order chi connectivity index (χ1) is 7.46. The van der Waals surface area contributed by atoms with Crippen LogP contribution < -0.4 is 5.32 Å². The number of hydrogen-bond donors (Lipinski definition) is 2. The lowest BCUT2D eigenvalue weighted by molar-refractivity contribution is 0.0697. The Balaban J connectivity index is 2.92. The predicted octanol–water partition coefficient (Wildman–Crippen LogP) is 1.62. The van der Waals surface area contributed by atoms with Crippen molar-refractivity contribution >= 4 is 11.7 Å². The average Bonchev–Trinajstić information content (AvgIpc) is 2.17. The fourth-order valence-corrected chi connectivity index (χ4v) is 1.44. The lowest BCUT2D eigenvalue weighted by atomic mass is 10.1. The van der Waals surface area contributed by atoms with Crippen molar-refractivity contribution < 1.29 is 14.6 Å². The average molecular weight is 224 g/mol. The van der Waals surface area contributed by atoms with Crippen molar-refractivity contribution in [1.82, 2.24) is 4.98 Å². The van der Waals surface area contributed by atoms with Gasteiger partial charge in [0.1, 0.15) is 5.56 Å². The van der Waals surface area contributed by atoms with Gasteiger partial charge in [0.2, 0.25) is 0 Å². The zero-order valence-electron chi connectivity index (χ0n) is 9.65. The minimum Gasteiger partial charge on any atom is -0.478 e. The highest BCUT2D eigenvalue weighted by Gasteiger charge is 2.20. The molecule has 0 aliphatic rings. The molecule has 1 heterocycles. The third-order valence-electron chi connectivity index (χ3n) is 2.03. The van der Waals surface area contributed by atoms with Crippen molar-refractivity contribution in [2.45, 2.75) is 19.4 Å². The number of hydrogen-bond acceptors (Lipinski definition) is 4. The van der Waals surface area contributed by atoms with Crippen LogP contribution in [0.1, 0.15) is 24.2 Å². The molecule has 0 radical (unpaired) electrons. The van der Waals surface area contributed by atoms with Gasteiger partial charge >= 0.3 is 5.97 Å². The summed E-state index contributed by atoms with van der Waals surface area (Å²) in [5.74, 6) is -0.996. The van der Waals surface area contributed by atoms with Gasteiger partial charge in [-0.15, -0.1) is 0 Å². The maximum atomic E-state index is 11.0. The van der Waals surface area contributed by atoms with Crippen LogP contribution in [0.2, 0.25) is 0 Å². The first-order valence-electron chi connectivity index (χ1n) is 4.91. The fraction of sp³-hybridized carbons (Fsp3) is 0.455. The minimum atomic E-state index is -0.996. The van der Waals surface area contributed by atoms with Crippen LogP contribution in [-0.2, 0) is 4.74 Å². The van der Waals surface area contributed by atoms with Gasteiger partial charge in [-0.05, 0) is 19.9 Å². The second kappa shape index (κ2) is 4.94. The summed E-state index contributed by atoms with van der Waals surface area (Å²) < 4.78 is 5.05. The second-order valence-electron chi connectivity index (χ2n) is 4.17. The Labute approximate surface area is 94.5 Å². The molecule has 0 amide bonds. The third-order valence-corrected chi connectivity index (χ3v) is 2.03. The van der Waals surface area contributed by atoms with E-state index in [-0.39, 0.29) is 11.1 Å². The maximum Gasteiger partial charge on any atom is 0.339 e. The third kappa shape index (κ3) is 3.20. The lowest BCUT2D eigenvalue weighted by Crippen LogP contribution is -2.36. The highest BCUT2D eigenvalue weighted by molar-refractivity contribution is 5.93. The minimum absolute atomic E-state index is 0.159. The van der Waals surface area contributed by atoms with E-state index in [2.05, 4.69) is 10.3 Å². The molecule has 5 heteroatoms. The Morgan fingerprint density at radius 3 is 2.88 bits per heavy atom. The van der Waals surface area contributed by atoms with Crippen molar-refractivity contribution in [2.24, 2.45) is 0 Å². The van der Waals surface area contributed by atoms with Crippen molar-refractivity contribution in [3.63, 3.8) is 0 Å². The largest absolute Gasteiger partial charge is 0.478 e. The Morgan fingerprint density at radius 1 is 1.62 bits per heavy atom. The molecule has 16 heavy (non-hydrogen) atoms. The number of methoxy groups -OCH3 is 1. The summed E-state index contributed by atoms with van der Waals surface area (Å²) in [6.45, 7) is 4.35. The molecule has 0 saturated heterocycles. The quantitative estimate of drug-likeness (QED) is 0.795. The number of nitrogens with zero attached hydrogens (tertiary/aromatic N) is 1. The van der Waals surface area contributed by atoms with E-state index in [1.54, 1.807) is 19.4 Å². The summed E-state index contributed by atoms with van der Waals surface area (Å²) in [4.78, 5) is 14.7. The summed E-state index contributed by atoms with van der Waals surface area (Å²) >= 11 is 0. The SMILES string of the molecule is COCC(C)(C)Nc1ccncc1C(=O)O. The fourth-order valence-electron chi connectivity index (χ4n) is 1.44.